The summed E-state index contributed by atoms with van der Waals surface area (Å²) in [5.41, 5.74) is 1.31. The predicted octanol–water partition coefficient (Wildman–Crippen LogP) is 3.25. The van der Waals surface area contributed by atoms with Crippen LogP contribution in [0.25, 0.3) is 0 Å². The Bertz CT molecular complexity index is 1010. The summed E-state index contributed by atoms with van der Waals surface area (Å²) in [4.78, 5) is 14.1. The molecule has 0 unspecified atom stereocenters. The first-order valence-electron chi connectivity index (χ1n) is 8.71. The number of hydrogen-bond donors (Lipinski definition) is 0. The minimum Gasteiger partial charge on any atom is -0.471 e. The second-order valence-corrected chi connectivity index (χ2v) is 6.58. The molecule has 0 N–H and O–H groups in total. The summed E-state index contributed by atoms with van der Waals surface area (Å²) in [6, 6.07) is 6.11. The van der Waals surface area contributed by atoms with Crippen LogP contribution in [0.3, 0.4) is 0 Å². The van der Waals surface area contributed by atoms with Gasteiger partial charge in [0.25, 0.3) is 5.91 Å². The highest BCUT2D eigenvalue weighted by atomic mass is 19.4. The molecule has 0 aliphatic heterocycles. The van der Waals surface area contributed by atoms with Gasteiger partial charge in [0.1, 0.15) is 5.75 Å². The molecule has 0 saturated carbocycles. The zero-order valence-electron chi connectivity index (χ0n) is 16.1. The third-order valence-corrected chi connectivity index (χ3v) is 4.48. The molecular weight excluding hydrogens is 387 g/mol. The molecule has 1 amide bonds. The van der Waals surface area contributed by atoms with Crippen molar-refractivity contribution in [3.8, 4) is 5.75 Å². The van der Waals surface area contributed by atoms with Crippen LogP contribution in [0.15, 0.2) is 42.7 Å². The molecular formula is C19H20F3N5O2. The molecule has 29 heavy (non-hydrogen) atoms. The fraction of sp³-hybridized carbons (Fsp3) is 0.316. The molecule has 0 radical (unpaired) electrons. The first kappa shape index (κ1) is 20.4. The van der Waals surface area contributed by atoms with Crippen LogP contribution in [0.1, 0.15) is 27.3 Å². The van der Waals surface area contributed by atoms with Crippen LogP contribution in [-0.4, -0.2) is 37.4 Å². The summed E-state index contributed by atoms with van der Waals surface area (Å²) < 4.78 is 46.7. The number of carbonyl (C=O) groups excluding carboxylic acids is 1. The number of amides is 1. The first-order valence-corrected chi connectivity index (χ1v) is 8.71. The molecule has 0 aliphatic carbocycles. The van der Waals surface area contributed by atoms with E-state index in [0.29, 0.717) is 6.54 Å². The number of benzene rings is 1. The second kappa shape index (κ2) is 7.98. The number of aryl methyl sites for hydroxylation is 1. The van der Waals surface area contributed by atoms with Gasteiger partial charge in [-0.25, -0.2) is 4.68 Å². The molecule has 0 fully saturated rings. The Morgan fingerprint density at radius 2 is 2.03 bits per heavy atom. The SMILES string of the molecule is Cc1c(CN(C)C(=O)c2ccn(COc3cccc(C(F)(F)F)c3)n2)cnn1C. The van der Waals surface area contributed by atoms with Crippen LogP contribution in [0.2, 0.25) is 0 Å². The topological polar surface area (TPSA) is 65.2 Å². The zero-order valence-corrected chi connectivity index (χ0v) is 16.1. The normalized spacial score (nSPS) is 11.5. The largest absolute Gasteiger partial charge is 0.471 e. The minimum atomic E-state index is -4.44. The number of hydrogen-bond acceptors (Lipinski definition) is 4. The highest BCUT2D eigenvalue weighted by Gasteiger charge is 2.30. The molecule has 3 rings (SSSR count). The fourth-order valence-corrected chi connectivity index (χ4v) is 2.67. The van der Waals surface area contributed by atoms with Gasteiger partial charge in [0, 0.05) is 38.1 Å². The van der Waals surface area contributed by atoms with Gasteiger partial charge in [-0.3, -0.25) is 9.48 Å². The van der Waals surface area contributed by atoms with Crippen molar-refractivity contribution in [1.29, 1.82) is 0 Å². The van der Waals surface area contributed by atoms with Crippen molar-refractivity contribution in [3.05, 3.63) is 65.2 Å². The average Bonchev–Trinajstić information content (AvgIpc) is 3.27. The fourth-order valence-electron chi connectivity index (χ4n) is 2.67. The lowest BCUT2D eigenvalue weighted by Gasteiger charge is -2.15. The Labute approximate surface area is 165 Å². The number of alkyl halides is 3. The lowest BCUT2D eigenvalue weighted by atomic mass is 10.2. The maximum absolute atomic E-state index is 12.8. The monoisotopic (exact) mass is 407 g/mol. The highest BCUT2D eigenvalue weighted by Crippen LogP contribution is 2.31. The van der Waals surface area contributed by atoms with Crippen molar-refractivity contribution in [1.82, 2.24) is 24.5 Å². The van der Waals surface area contributed by atoms with E-state index in [0.717, 1.165) is 23.4 Å². The van der Waals surface area contributed by atoms with Gasteiger partial charge in [0.05, 0.1) is 11.8 Å². The van der Waals surface area contributed by atoms with E-state index in [1.807, 2.05) is 14.0 Å². The maximum Gasteiger partial charge on any atom is 0.416 e. The van der Waals surface area contributed by atoms with E-state index in [2.05, 4.69) is 10.2 Å². The van der Waals surface area contributed by atoms with Crippen molar-refractivity contribution >= 4 is 5.91 Å². The molecule has 0 aliphatic rings. The van der Waals surface area contributed by atoms with Gasteiger partial charge < -0.3 is 9.64 Å². The van der Waals surface area contributed by atoms with Crippen LogP contribution >= 0.6 is 0 Å². The molecule has 0 atom stereocenters. The standard InChI is InChI=1S/C19H20F3N5O2/c1-13-14(10-23-26(13)3)11-25(2)18(28)17-7-8-27(24-17)12-29-16-6-4-5-15(9-16)19(20,21)22/h4-10H,11-12H2,1-3H3. The molecule has 2 aromatic heterocycles. The van der Waals surface area contributed by atoms with Crippen molar-refractivity contribution in [2.24, 2.45) is 7.05 Å². The Morgan fingerprint density at radius 1 is 1.28 bits per heavy atom. The van der Waals surface area contributed by atoms with Gasteiger partial charge in [-0.05, 0) is 31.2 Å². The van der Waals surface area contributed by atoms with E-state index in [1.54, 1.807) is 17.9 Å². The maximum atomic E-state index is 12.8. The number of ether oxygens (including phenoxy) is 1. The molecule has 1 aromatic carbocycles. The van der Waals surface area contributed by atoms with Crippen LogP contribution in [0.5, 0.6) is 5.75 Å². The van der Waals surface area contributed by atoms with E-state index in [-0.39, 0.29) is 24.1 Å². The highest BCUT2D eigenvalue weighted by molar-refractivity contribution is 5.91. The summed E-state index contributed by atoms with van der Waals surface area (Å²) in [6.07, 6.45) is -1.20. The van der Waals surface area contributed by atoms with E-state index in [4.69, 9.17) is 4.74 Å². The summed E-state index contributed by atoms with van der Waals surface area (Å²) in [6.45, 7) is 2.17. The quantitative estimate of drug-likeness (QED) is 0.629. The molecule has 10 heteroatoms. The van der Waals surface area contributed by atoms with Gasteiger partial charge in [0.15, 0.2) is 12.4 Å². The minimum absolute atomic E-state index is 0.0624. The molecule has 7 nitrogen and oxygen atoms in total. The van der Waals surface area contributed by atoms with Crippen molar-refractivity contribution in [2.45, 2.75) is 26.4 Å². The average molecular weight is 407 g/mol. The Hall–Kier alpha value is -3.30. The lowest BCUT2D eigenvalue weighted by molar-refractivity contribution is -0.137. The Kier molecular flexibility index (Phi) is 5.62. The molecule has 3 aromatic rings. The van der Waals surface area contributed by atoms with E-state index in [1.165, 1.54) is 34.0 Å². The van der Waals surface area contributed by atoms with Gasteiger partial charge >= 0.3 is 6.18 Å². The van der Waals surface area contributed by atoms with Crippen LogP contribution in [0.4, 0.5) is 13.2 Å². The predicted molar refractivity (Wildman–Crippen MR) is 98.0 cm³/mol. The number of carbonyl (C=O) groups is 1. The number of nitrogens with zero attached hydrogens (tertiary/aromatic N) is 5. The van der Waals surface area contributed by atoms with Gasteiger partial charge in [-0.15, -0.1) is 0 Å². The molecule has 2 heterocycles. The second-order valence-electron chi connectivity index (χ2n) is 6.58. The van der Waals surface area contributed by atoms with Crippen LogP contribution in [0, 0.1) is 6.92 Å². The molecule has 154 valence electrons. The van der Waals surface area contributed by atoms with Crippen molar-refractivity contribution in [3.63, 3.8) is 0 Å². The third kappa shape index (κ3) is 4.76. The third-order valence-electron chi connectivity index (χ3n) is 4.48. The van der Waals surface area contributed by atoms with Gasteiger partial charge in [-0.2, -0.15) is 23.4 Å². The molecule has 0 spiro atoms. The summed E-state index contributed by atoms with van der Waals surface area (Å²) in [7, 11) is 3.49. The van der Waals surface area contributed by atoms with Gasteiger partial charge in [-0.1, -0.05) is 6.07 Å². The van der Waals surface area contributed by atoms with Crippen molar-refractivity contribution in [2.75, 3.05) is 7.05 Å². The van der Waals surface area contributed by atoms with E-state index >= 15 is 0 Å². The lowest BCUT2D eigenvalue weighted by Crippen LogP contribution is -2.27. The van der Waals surface area contributed by atoms with Gasteiger partial charge in [0.2, 0.25) is 0 Å². The van der Waals surface area contributed by atoms with E-state index < -0.39 is 11.7 Å². The Balaban J connectivity index is 1.61. The number of halogens is 3. The first-order chi connectivity index (χ1) is 13.6. The summed E-state index contributed by atoms with van der Waals surface area (Å²) >= 11 is 0. The van der Waals surface area contributed by atoms with Crippen LogP contribution in [-0.2, 0) is 26.5 Å². The van der Waals surface area contributed by atoms with Crippen LogP contribution < -0.4 is 4.74 Å². The number of rotatable bonds is 6. The molecule has 0 bridgehead atoms. The summed E-state index contributed by atoms with van der Waals surface area (Å²) in [5, 5.41) is 8.30. The van der Waals surface area contributed by atoms with Crippen molar-refractivity contribution < 1.29 is 22.7 Å². The molecule has 0 saturated heterocycles. The van der Waals surface area contributed by atoms with E-state index in [9.17, 15) is 18.0 Å². The summed E-state index contributed by atoms with van der Waals surface area (Å²) in [5.74, 6) is -0.224. The Morgan fingerprint density at radius 3 is 2.69 bits per heavy atom. The zero-order chi connectivity index (χ0) is 21.2. The number of aromatic nitrogens is 4. The smallest absolute Gasteiger partial charge is 0.416 e.